The quantitative estimate of drug-likeness (QED) is 0.780. The van der Waals surface area contributed by atoms with Crippen molar-refractivity contribution in [2.75, 3.05) is 16.8 Å². The van der Waals surface area contributed by atoms with Crippen LogP contribution in [-0.2, 0) is 15.3 Å². The molecule has 0 unspecified atom stereocenters. The van der Waals surface area contributed by atoms with Crippen LogP contribution in [0.25, 0.3) is 0 Å². The molecule has 2 amide bonds. The highest BCUT2D eigenvalue weighted by atomic mass is 32.2. The molecule has 5 nitrogen and oxygen atoms in total. The average Bonchev–Trinajstić information content (AvgIpc) is 2.67. The molecule has 1 aliphatic heterocycles. The Labute approximate surface area is 170 Å². The Morgan fingerprint density at radius 3 is 2.61 bits per heavy atom. The van der Waals surface area contributed by atoms with Gasteiger partial charge in [0.2, 0.25) is 11.8 Å². The van der Waals surface area contributed by atoms with Gasteiger partial charge in [0, 0.05) is 11.3 Å². The van der Waals surface area contributed by atoms with Crippen molar-refractivity contribution in [2.45, 2.75) is 44.2 Å². The fourth-order valence-corrected chi connectivity index (χ4v) is 4.15. The number of thioether (sulfide) groups is 1. The summed E-state index contributed by atoms with van der Waals surface area (Å²) in [5.41, 5.74) is 1.51. The van der Waals surface area contributed by atoms with E-state index in [4.69, 9.17) is 4.74 Å². The maximum Gasteiger partial charge on any atom is 0.250 e. The third-order valence-corrected chi connectivity index (χ3v) is 6.02. The van der Waals surface area contributed by atoms with Crippen molar-refractivity contribution < 1.29 is 14.3 Å². The zero-order valence-electron chi connectivity index (χ0n) is 16.7. The maximum atomic E-state index is 13.3. The van der Waals surface area contributed by atoms with Gasteiger partial charge in [0.15, 0.2) is 0 Å². The van der Waals surface area contributed by atoms with Crippen molar-refractivity contribution >= 4 is 35.0 Å². The minimum atomic E-state index is -0.955. The van der Waals surface area contributed by atoms with Gasteiger partial charge >= 0.3 is 0 Å². The summed E-state index contributed by atoms with van der Waals surface area (Å²) in [6, 6.07) is 15.3. The van der Waals surface area contributed by atoms with Crippen LogP contribution in [-0.4, -0.2) is 29.2 Å². The van der Waals surface area contributed by atoms with Gasteiger partial charge < -0.3 is 10.1 Å². The number of nitrogens with one attached hydrogen (secondary N) is 1. The van der Waals surface area contributed by atoms with E-state index in [9.17, 15) is 9.59 Å². The van der Waals surface area contributed by atoms with E-state index in [1.807, 2.05) is 62.4 Å². The van der Waals surface area contributed by atoms with Gasteiger partial charge in [0.1, 0.15) is 11.3 Å². The Balaban J connectivity index is 1.80. The molecule has 1 atom stereocenters. The minimum Gasteiger partial charge on any atom is -0.494 e. The number of carbonyl (C=O) groups excluding carboxylic acids is 2. The van der Waals surface area contributed by atoms with Crippen molar-refractivity contribution in [3.05, 3.63) is 54.1 Å². The second-order valence-corrected chi connectivity index (χ2v) is 8.53. The first-order chi connectivity index (χ1) is 13.4. The zero-order chi connectivity index (χ0) is 20.3. The third kappa shape index (κ3) is 3.87. The second-order valence-electron chi connectivity index (χ2n) is 7.20. The molecule has 148 valence electrons. The lowest BCUT2D eigenvalue weighted by atomic mass is 9.96. The van der Waals surface area contributed by atoms with Crippen molar-refractivity contribution in [2.24, 2.45) is 0 Å². The normalized spacial score (nSPS) is 16.1. The van der Waals surface area contributed by atoms with Crippen LogP contribution in [0.2, 0.25) is 0 Å². The molecule has 6 heteroatoms. The van der Waals surface area contributed by atoms with Crippen molar-refractivity contribution in [1.82, 2.24) is 0 Å². The highest BCUT2D eigenvalue weighted by molar-refractivity contribution is 7.99. The Morgan fingerprint density at radius 1 is 1.18 bits per heavy atom. The summed E-state index contributed by atoms with van der Waals surface area (Å²) in [5, 5.41) is 2.59. The zero-order valence-corrected chi connectivity index (χ0v) is 17.5. The number of amides is 2. The molecule has 2 aromatic carbocycles. The average molecular weight is 399 g/mol. The Bertz CT molecular complexity index is 882. The summed E-state index contributed by atoms with van der Waals surface area (Å²) in [7, 11) is 0. The van der Waals surface area contributed by atoms with Crippen molar-refractivity contribution in [1.29, 1.82) is 0 Å². The molecular weight excluding hydrogens is 372 g/mol. The smallest absolute Gasteiger partial charge is 0.250 e. The summed E-state index contributed by atoms with van der Waals surface area (Å²) in [4.78, 5) is 27.6. The fraction of sp³-hybridized carbons (Fsp3) is 0.364. The molecule has 2 aromatic rings. The van der Waals surface area contributed by atoms with Crippen molar-refractivity contribution in [3.63, 3.8) is 0 Å². The Hall–Kier alpha value is -2.47. The number of fused-ring (bicyclic) bond motifs is 1. The monoisotopic (exact) mass is 398 g/mol. The first kappa shape index (κ1) is 20.3. The molecule has 0 saturated heterocycles. The van der Waals surface area contributed by atoms with Crippen LogP contribution in [0.3, 0.4) is 0 Å². The number of nitrogens with zero attached hydrogens (tertiary/aromatic N) is 1. The van der Waals surface area contributed by atoms with Crippen LogP contribution >= 0.6 is 11.8 Å². The van der Waals surface area contributed by atoms with E-state index >= 15 is 0 Å². The van der Waals surface area contributed by atoms with Gasteiger partial charge in [-0.2, -0.15) is 0 Å². The predicted octanol–water partition coefficient (Wildman–Crippen LogP) is 4.47. The first-order valence-corrected chi connectivity index (χ1v) is 10.5. The molecule has 0 fully saturated rings. The van der Waals surface area contributed by atoms with E-state index in [0.29, 0.717) is 18.0 Å². The molecule has 1 heterocycles. The number of carbonyl (C=O) groups is 2. The standard InChI is InChI=1S/C22H26N2O3S/c1-5-27-19-13-9-6-10-16(19)14-28-15(2)20(25)24-18-12-8-7-11-17(18)23-21(26)22(24,3)4/h6-13,15H,5,14H2,1-4H3,(H,23,26)/t15-/m0/s1. The minimum absolute atomic E-state index is 0.0776. The number of hydrogen-bond acceptors (Lipinski definition) is 4. The van der Waals surface area contributed by atoms with Crippen LogP contribution in [0.15, 0.2) is 48.5 Å². The fourth-order valence-electron chi connectivity index (χ4n) is 3.23. The Kier molecular flexibility index (Phi) is 5.98. The lowest BCUT2D eigenvalue weighted by molar-refractivity contribution is -0.126. The number of benzene rings is 2. The number of rotatable bonds is 6. The molecule has 1 N–H and O–H groups in total. The number of hydrogen-bond donors (Lipinski definition) is 1. The molecule has 3 rings (SSSR count). The number of para-hydroxylation sites is 3. The van der Waals surface area contributed by atoms with E-state index in [1.54, 1.807) is 30.5 Å². The van der Waals surface area contributed by atoms with E-state index < -0.39 is 5.54 Å². The lowest BCUT2D eigenvalue weighted by Gasteiger charge is -2.43. The highest BCUT2D eigenvalue weighted by Gasteiger charge is 2.44. The summed E-state index contributed by atoms with van der Waals surface area (Å²) >= 11 is 1.54. The molecular formula is C22H26N2O3S. The van der Waals surface area contributed by atoms with Crippen LogP contribution in [0.5, 0.6) is 5.75 Å². The molecule has 0 bridgehead atoms. The van der Waals surface area contributed by atoms with E-state index in [0.717, 1.165) is 17.0 Å². The van der Waals surface area contributed by atoms with Crippen LogP contribution in [0.4, 0.5) is 11.4 Å². The van der Waals surface area contributed by atoms with Gasteiger partial charge in [-0.25, -0.2) is 0 Å². The topological polar surface area (TPSA) is 58.6 Å². The number of ether oxygens (including phenoxy) is 1. The van der Waals surface area contributed by atoms with Gasteiger partial charge in [-0.05, 0) is 45.9 Å². The first-order valence-electron chi connectivity index (χ1n) is 9.43. The molecule has 0 aliphatic carbocycles. The Morgan fingerprint density at radius 2 is 1.86 bits per heavy atom. The van der Waals surface area contributed by atoms with Gasteiger partial charge in [0.05, 0.1) is 23.2 Å². The van der Waals surface area contributed by atoms with Crippen LogP contribution in [0, 0.1) is 0 Å². The van der Waals surface area contributed by atoms with Gasteiger partial charge in [0.25, 0.3) is 0 Å². The van der Waals surface area contributed by atoms with E-state index in [2.05, 4.69) is 5.32 Å². The largest absolute Gasteiger partial charge is 0.494 e. The van der Waals surface area contributed by atoms with Crippen LogP contribution < -0.4 is 15.0 Å². The molecule has 0 spiro atoms. The van der Waals surface area contributed by atoms with E-state index in [1.165, 1.54) is 0 Å². The summed E-state index contributed by atoms with van der Waals surface area (Å²) in [6.07, 6.45) is 0. The third-order valence-electron chi connectivity index (χ3n) is 4.84. The van der Waals surface area contributed by atoms with Gasteiger partial charge in [-0.1, -0.05) is 30.3 Å². The molecule has 0 saturated carbocycles. The lowest BCUT2D eigenvalue weighted by Crippen LogP contribution is -2.60. The predicted molar refractivity (Wildman–Crippen MR) is 115 cm³/mol. The van der Waals surface area contributed by atoms with Gasteiger partial charge in [-0.15, -0.1) is 11.8 Å². The van der Waals surface area contributed by atoms with Gasteiger partial charge in [-0.3, -0.25) is 14.5 Å². The molecule has 28 heavy (non-hydrogen) atoms. The second kappa shape index (κ2) is 8.27. The summed E-state index contributed by atoms with van der Waals surface area (Å²) in [6.45, 7) is 8.00. The summed E-state index contributed by atoms with van der Waals surface area (Å²) in [5.74, 6) is 1.25. The highest BCUT2D eigenvalue weighted by Crippen LogP contribution is 2.38. The molecule has 0 aromatic heterocycles. The molecule has 1 aliphatic rings. The molecule has 0 radical (unpaired) electrons. The van der Waals surface area contributed by atoms with Crippen LogP contribution in [0.1, 0.15) is 33.3 Å². The maximum absolute atomic E-state index is 13.3. The van der Waals surface area contributed by atoms with Crippen molar-refractivity contribution in [3.8, 4) is 5.75 Å². The van der Waals surface area contributed by atoms with E-state index in [-0.39, 0.29) is 17.1 Å². The summed E-state index contributed by atoms with van der Waals surface area (Å²) < 4.78 is 5.68. The SMILES string of the molecule is CCOc1ccccc1CS[C@@H](C)C(=O)N1c2ccccc2NC(=O)C1(C)C. The number of anilines is 2.